The van der Waals surface area contributed by atoms with Crippen LogP contribution in [0, 0.1) is 18.3 Å². The highest BCUT2D eigenvalue weighted by Gasteiger charge is 2.35. The van der Waals surface area contributed by atoms with E-state index in [0.29, 0.717) is 5.56 Å². The van der Waals surface area contributed by atoms with Gasteiger partial charge in [-0.1, -0.05) is 135 Å². The topological polar surface area (TPSA) is 32.0 Å². The van der Waals surface area contributed by atoms with Crippen molar-refractivity contribution in [3.8, 4) is 56.3 Å². The van der Waals surface area contributed by atoms with Gasteiger partial charge in [-0.05, 0) is 154 Å². The number of para-hydroxylation sites is 1. The minimum atomic E-state index is -0.0341. The molecule has 0 spiro atoms. The highest BCUT2D eigenvalue weighted by Crippen LogP contribution is 2.49. The number of anilines is 3. The molecule has 1 aromatic heterocycles. The van der Waals surface area contributed by atoms with Gasteiger partial charge in [-0.2, -0.15) is 5.26 Å². The minimum absolute atomic E-state index is 0.0341. The number of benzene rings is 9. The Morgan fingerprint density at radius 1 is 0.435 bits per heavy atom. The Hall–Kier alpha value is -7.93. The summed E-state index contributed by atoms with van der Waals surface area (Å²) < 4.78 is 2.30. The van der Waals surface area contributed by atoms with Crippen molar-refractivity contribution in [2.75, 3.05) is 4.90 Å². The number of nitrogens with zero attached hydrogens (tertiary/aromatic N) is 3. The predicted molar refractivity (Wildman–Crippen MR) is 259 cm³/mol. The first kappa shape index (κ1) is 37.1. The third-order valence-corrected chi connectivity index (χ3v) is 12.9. The van der Waals surface area contributed by atoms with Crippen LogP contribution in [0.15, 0.2) is 206 Å². The second-order valence-corrected chi connectivity index (χ2v) is 17.0. The summed E-state index contributed by atoms with van der Waals surface area (Å²) in [5.41, 5.74) is 21.1. The van der Waals surface area contributed by atoms with Crippen molar-refractivity contribution in [2.45, 2.75) is 26.2 Å². The molecule has 0 unspecified atom stereocenters. The van der Waals surface area contributed by atoms with Crippen molar-refractivity contribution in [1.29, 1.82) is 5.26 Å². The highest BCUT2D eigenvalue weighted by molar-refractivity contribution is 6.10. The molecule has 294 valence electrons. The largest absolute Gasteiger partial charge is 0.311 e. The van der Waals surface area contributed by atoms with Gasteiger partial charge in [0, 0.05) is 38.9 Å². The SMILES string of the molecule is Cc1ccc2c(c1)c1cc(-c3ccc(-c4ccc(N(c5ccccc5)c5ccc(-c6ccc7c(c6)C(C)(C)c6ccccc6-7)cc5)cc4)cc3)ccc1n2-c1ccc(C#N)cc1. The van der Waals surface area contributed by atoms with Crippen LogP contribution in [-0.4, -0.2) is 4.57 Å². The van der Waals surface area contributed by atoms with Crippen LogP contribution in [-0.2, 0) is 5.41 Å². The number of nitriles is 1. The molecule has 3 heteroatoms. The molecule has 11 rings (SSSR count). The molecule has 0 fully saturated rings. The molecule has 1 aliphatic rings. The molecule has 0 bridgehead atoms. The number of aryl methyl sites for hydroxylation is 1. The third kappa shape index (κ3) is 6.19. The van der Waals surface area contributed by atoms with Crippen LogP contribution in [0.1, 0.15) is 36.1 Å². The van der Waals surface area contributed by atoms with Gasteiger partial charge in [-0.25, -0.2) is 0 Å². The van der Waals surface area contributed by atoms with Gasteiger partial charge in [-0.3, -0.25) is 0 Å². The van der Waals surface area contributed by atoms with E-state index < -0.39 is 0 Å². The number of hydrogen-bond donors (Lipinski definition) is 0. The molecule has 9 aromatic carbocycles. The smallest absolute Gasteiger partial charge is 0.0991 e. The third-order valence-electron chi connectivity index (χ3n) is 12.9. The van der Waals surface area contributed by atoms with Crippen LogP contribution in [0.5, 0.6) is 0 Å². The second-order valence-electron chi connectivity index (χ2n) is 17.0. The predicted octanol–water partition coefficient (Wildman–Crippen LogP) is 15.7. The Balaban J connectivity index is 0.876. The average Bonchev–Trinajstić information content (AvgIpc) is 3.76. The molecule has 10 aromatic rings. The van der Waals surface area contributed by atoms with E-state index >= 15 is 0 Å². The first-order valence-electron chi connectivity index (χ1n) is 21.3. The van der Waals surface area contributed by atoms with Gasteiger partial charge in [0.25, 0.3) is 0 Å². The van der Waals surface area contributed by atoms with Crippen LogP contribution in [0.3, 0.4) is 0 Å². The van der Waals surface area contributed by atoms with Crippen molar-refractivity contribution in [2.24, 2.45) is 0 Å². The quantitative estimate of drug-likeness (QED) is 0.161. The van der Waals surface area contributed by atoms with Gasteiger partial charge in [0.1, 0.15) is 0 Å². The Kier molecular flexibility index (Phi) is 8.77. The van der Waals surface area contributed by atoms with E-state index in [0.717, 1.165) is 33.8 Å². The van der Waals surface area contributed by atoms with E-state index in [1.165, 1.54) is 72.0 Å². The van der Waals surface area contributed by atoms with Gasteiger partial charge in [0.15, 0.2) is 0 Å². The van der Waals surface area contributed by atoms with Crippen molar-refractivity contribution in [3.63, 3.8) is 0 Å². The van der Waals surface area contributed by atoms with E-state index in [9.17, 15) is 5.26 Å². The number of rotatable bonds is 7. The normalized spacial score (nSPS) is 12.5. The highest BCUT2D eigenvalue weighted by atomic mass is 15.1. The average molecular weight is 794 g/mol. The van der Waals surface area contributed by atoms with Crippen LogP contribution < -0.4 is 4.90 Å². The zero-order valence-corrected chi connectivity index (χ0v) is 35.0. The number of fused-ring (bicyclic) bond motifs is 6. The van der Waals surface area contributed by atoms with E-state index in [1.807, 2.05) is 24.3 Å². The summed E-state index contributed by atoms with van der Waals surface area (Å²) in [4.78, 5) is 2.33. The maximum atomic E-state index is 9.38. The van der Waals surface area contributed by atoms with Gasteiger partial charge >= 0.3 is 0 Å². The van der Waals surface area contributed by atoms with Crippen LogP contribution in [0.4, 0.5) is 17.1 Å². The van der Waals surface area contributed by atoms with E-state index in [-0.39, 0.29) is 5.41 Å². The maximum absolute atomic E-state index is 9.38. The molecule has 0 saturated carbocycles. The lowest BCUT2D eigenvalue weighted by atomic mass is 9.81. The summed E-state index contributed by atoms with van der Waals surface area (Å²) in [6, 6.07) is 76.7. The van der Waals surface area contributed by atoms with Gasteiger partial charge in [0.05, 0.1) is 22.7 Å². The molecule has 1 heterocycles. The minimum Gasteiger partial charge on any atom is -0.311 e. The van der Waals surface area contributed by atoms with Crippen LogP contribution in [0.2, 0.25) is 0 Å². The summed E-state index contributed by atoms with van der Waals surface area (Å²) in [7, 11) is 0. The van der Waals surface area contributed by atoms with Crippen LogP contribution >= 0.6 is 0 Å². The van der Waals surface area contributed by atoms with Gasteiger partial charge < -0.3 is 9.47 Å². The van der Waals surface area contributed by atoms with Gasteiger partial charge in [-0.15, -0.1) is 0 Å². The summed E-state index contributed by atoms with van der Waals surface area (Å²) in [6.07, 6.45) is 0. The molecule has 3 nitrogen and oxygen atoms in total. The molecular formula is C59H43N3. The van der Waals surface area contributed by atoms with Gasteiger partial charge in [0.2, 0.25) is 0 Å². The molecular weight excluding hydrogens is 751 g/mol. The molecule has 0 radical (unpaired) electrons. The Bertz CT molecular complexity index is 3350. The Morgan fingerprint density at radius 3 is 1.56 bits per heavy atom. The number of hydrogen-bond acceptors (Lipinski definition) is 2. The van der Waals surface area contributed by atoms with E-state index in [2.05, 4.69) is 218 Å². The zero-order chi connectivity index (χ0) is 42.0. The molecule has 0 aliphatic heterocycles. The lowest BCUT2D eigenvalue weighted by Crippen LogP contribution is -2.14. The van der Waals surface area contributed by atoms with Crippen molar-refractivity contribution < 1.29 is 0 Å². The molecule has 0 saturated heterocycles. The van der Waals surface area contributed by atoms with Crippen molar-refractivity contribution in [1.82, 2.24) is 4.57 Å². The van der Waals surface area contributed by atoms with Crippen molar-refractivity contribution in [3.05, 3.63) is 229 Å². The van der Waals surface area contributed by atoms with E-state index in [1.54, 1.807) is 0 Å². The van der Waals surface area contributed by atoms with E-state index in [4.69, 9.17) is 0 Å². The second kappa shape index (κ2) is 14.7. The number of aromatic nitrogens is 1. The fourth-order valence-electron chi connectivity index (χ4n) is 9.65. The van der Waals surface area contributed by atoms with Crippen molar-refractivity contribution >= 4 is 38.9 Å². The molecule has 62 heavy (non-hydrogen) atoms. The molecule has 1 aliphatic carbocycles. The fraction of sp³-hybridized carbons (Fsp3) is 0.0678. The lowest BCUT2D eigenvalue weighted by Gasteiger charge is -2.26. The first-order chi connectivity index (χ1) is 30.3. The first-order valence-corrected chi connectivity index (χ1v) is 21.3. The van der Waals surface area contributed by atoms with Crippen LogP contribution in [0.25, 0.3) is 72.0 Å². The maximum Gasteiger partial charge on any atom is 0.0991 e. The summed E-state index contributed by atoms with van der Waals surface area (Å²) in [5.74, 6) is 0. The lowest BCUT2D eigenvalue weighted by molar-refractivity contribution is 0.660. The summed E-state index contributed by atoms with van der Waals surface area (Å²) in [6.45, 7) is 6.82. The summed E-state index contributed by atoms with van der Waals surface area (Å²) >= 11 is 0. The fourth-order valence-corrected chi connectivity index (χ4v) is 9.65. The monoisotopic (exact) mass is 793 g/mol. The Labute approximate surface area is 363 Å². The Morgan fingerprint density at radius 2 is 0.919 bits per heavy atom. The standard InChI is InChI=1S/C59H43N3/c1-39-13-33-57-53(35-39)54-36-45(25-34-58(54)62(57)50-26-14-40(38-60)15-27-50)43-18-16-41(17-19-43)42-20-28-48(29-21-42)61(47-9-5-4-6-10-47)49-30-22-44(23-31-49)46-24-32-52-51-11-7-8-12-55(51)59(2,3)56(52)37-46/h4-37H,1-3H3. The molecule has 0 N–H and O–H groups in total. The summed E-state index contributed by atoms with van der Waals surface area (Å²) in [5, 5.41) is 11.8. The zero-order valence-electron chi connectivity index (χ0n) is 35.0. The molecule has 0 amide bonds. The molecule has 0 atom stereocenters.